The van der Waals surface area contributed by atoms with Gasteiger partial charge in [-0.3, -0.25) is 0 Å². The average Bonchev–Trinajstić information content (AvgIpc) is 2.34. The second-order valence-corrected chi connectivity index (χ2v) is 4.69. The van der Waals surface area contributed by atoms with E-state index in [1.54, 1.807) is 0 Å². The van der Waals surface area contributed by atoms with Crippen molar-refractivity contribution in [3.8, 4) is 0 Å². The van der Waals surface area contributed by atoms with Crippen molar-refractivity contribution in [3.05, 3.63) is 71.0 Å². The second-order valence-electron chi connectivity index (χ2n) is 4.69. The van der Waals surface area contributed by atoms with Crippen molar-refractivity contribution in [3.63, 3.8) is 0 Å². The van der Waals surface area contributed by atoms with E-state index >= 15 is 0 Å². The van der Waals surface area contributed by atoms with Gasteiger partial charge in [-0.25, -0.2) is 13.2 Å². The summed E-state index contributed by atoms with van der Waals surface area (Å²) < 4.78 is 39.4. The van der Waals surface area contributed by atoms with Gasteiger partial charge in [-0.15, -0.1) is 0 Å². The van der Waals surface area contributed by atoms with Crippen LogP contribution >= 0.6 is 0 Å². The quantitative estimate of drug-likeness (QED) is 0.900. The van der Waals surface area contributed by atoms with E-state index in [2.05, 4.69) is 0 Å². The lowest BCUT2D eigenvalue weighted by atomic mass is 9.89. The molecule has 0 fully saturated rings. The highest BCUT2D eigenvalue weighted by atomic mass is 19.1. The standard InChI is InChI=1S/C15H13F3O/c1-15(19,11-2-4-12(16)5-3-11)9-10-8-13(17)6-7-14(10)18/h2-8,19H,9H2,1H3. The number of benzene rings is 2. The maximum atomic E-state index is 13.5. The summed E-state index contributed by atoms with van der Waals surface area (Å²) in [6, 6.07) is 8.36. The van der Waals surface area contributed by atoms with Crippen LogP contribution in [0.15, 0.2) is 42.5 Å². The molecule has 2 aromatic rings. The van der Waals surface area contributed by atoms with Crippen molar-refractivity contribution in [1.29, 1.82) is 0 Å². The molecule has 1 unspecified atom stereocenters. The number of hydrogen-bond donors (Lipinski definition) is 1. The molecule has 1 nitrogen and oxygen atoms in total. The van der Waals surface area contributed by atoms with Gasteiger partial charge in [0.25, 0.3) is 0 Å². The zero-order valence-corrected chi connectivity index (χ0v) is 10.3. The SMILES string of the molecule is CC(O)(Cc1cc(F)ccc1F)c1ccc(F)cc1. The van der Waals surface area contributed by atoms with Crippen LogP contribution in [-0.4, -0.2) is 5.11 Å². The lowest BCUT2D eigenvalue weighted by Gasteiger charge is -2.24. The van der Waals surface area contributed by atoms with Gasteiger partial charge in [0.2, 0.25) is 0 Å². The largest absolute Gasteiger partial charge is 0.385 e. The van der Waals surface area contributed by atoms with Crippen LogP contribution in [0, 0.1) is 17.5 Å². The Morgan fingerprint density at radius 1 is 0.947 bits per heavy atom. The van der Waals surface area contributed by atoms with Gasteiger partial charge in [0.1, 0.15) is 17.5 Å². The summed E-state index contributed by atoms with van der Waals surface area (Å²) in [4.78, 5) is 0. The molecule has 0 saturated heterocycles. The first-order valence-corrected chi connectivity index (χ1v) is 5.81. The normalized spacial score (nSPS) is 14.2. The van der Waals surface area contributed by atoms with Gasteiger partial charge in [0.05, 0.1) is 5.60 Å². The summed E-state index contributed by atoms with van der Waals surface area (Å²) in [5, 5.41) is 10.3. The first-order chi connectivity index (χ1) is 8.88. The fourth-order valence-corrected chi connectivity index (χ4v) is 1.96. The maximum absolute atomic E-state index is 13.5. The van der Waals surface area contributed by atoms with Crippen LogP contribution < -0.4 is 0 Å². The van der Waals surface area contributed by atoms with Crippen LogP contribution in [0.25, 0.3) is 0 Å². The summed E-state index contributed by atoms with van der Waals surface area (Å²) in [6.07, 6.45) is -0.0950. The highest BCUT2D eigenvalue weighted by molar-refractivity contribution is 5.27. The number of aliphatic hydroxyl groups is 1. The molecule has 0 spiro atoms. The van der Waals surface area contributed by atoms with E-state index in [0.29, 0.717) is 5.56 Å². The fourth-order valence-electron chi connectivity index (χ4n) is 1.96. The third kappa shape index (κ3) is 3.15. The second kappa shape index (κ2) is 5.05. The molecule has 0 aliphatic rings. The van der Waals surface area contributed by atoms with Crippen LogP contribution in [0.2, 0.25) is 0 Å². The maximum Gasteiger partial charge on any atom is 0.126 e. The molecule has 0 radical (unpaired) electrons. The third-order valence-corrected chi connectivity index (χ3v) is 3.01. The lowest BCUT2D eigenvalue weighted by Crippen LogP contribution is -2.24. The predicted molar refractivity (Wildman–Crippen MR) is 66.0 cm³/mol. The Morgan fingerprint density at radius 3 is 2.16 bits per heavy atom. The molecule has 2 rings (SSSR count). The van der Waals surface area contributed by atoms with Gasteiger partial charge in [-0.1, -0.05) is 12.1 Å². The molecule has 0 aliphatic carbocycles. The first kappa shape index (κ1) is 13.6. The lowest BCUT2D eigenvalue weighted by molar-refractivity contribution is 0.0565. The van der Waals surface area contributed by atoms with Gasteiger partial charge in [0.15, 0.2) is 0 Å². The first-order valence-electron chi connectivity index (χ1n) is 5.81. The van der Waals surface area contributed by atoms with Gasteiger partial charge < -0.3 is 5.11 Å². The number of hydrogen-bond acceptors (Lipinski definition) is 1. The van der Waals surface area contributed by atoms with Crippen LogP contribution in [0.4, 0.5) is 13.2 Å². The molecule has 100 valence electrons. The Morgan fingerprint density at radius 2 is 1.53 bits per heavy atom. The van der Waals surface area contributed by atoms with E-state index < -0.39 is 23.1 Å². The van der Waals surface area contributed by atoms with E-state index in [-0.39, 0.29) is 12.0 Å². The molecule has 0 bridgehead atoms. The Kier molecular flexibility index (Phi) is 3.62. The Labute approximate surface area is 109 Å². The van der Waals surface area contributed by atoms with E-state index in [1.807, 2.05) is 0 Å². The van der Waals surface area contributed by atoms with Crippen LogP contribution in [0.5, 0.6) is 0 Å². The predicted octanol–water partition coefficient (Wildman–Crippen LogP) is 3.55. The number of halogens is 3. The van der Waals surface area contributed by atoms with Crippen molar-refractivity contribution in [1.82, 2.24) is 0 Å². The van der Waals surface area contributed by atoms with E-state index in [9.17, 15) is 18.3 Å². The Bertz CT molecular complexity index is 576. The molecule has 1 N–H and O–H groups in total. The van der Waals surface area contributed by atoms with Gasteiger partial charge in [0, 0.05) is 6.42 Å². The fraction of sp³-hybridized carbons (Fsp3) is 0.200. The minimum atomic E-state index is -1.40. The van der Waals surface area contributed by atoms with Gasteiger partial charge in [-0.05, 0) is 48.4 Å². The van der Waals surface area contributed by atoms with Gasteiger partial charge in [-0.2, -0.15) is 0 Å². The van der Waals surface area contributed by atoms with Gasteiger partial charge >= 0.3 is 0 Å². The molecule has 0 aliphatic heterocycles. The average molecular weight is 266 g/mol. The minimum Gasteiger partial charge on any atom is -0.385 e. The molecule has 0 heterocycles. The highest BCUT2D eigenvalue weighted by Crippen LogP contribution is 2.27. The molecule has 19 heavy (non-hydrogen) atoms. The number of rotatable bonds is 3. The van der Waals surface area contributed by atoms with Crippen LogP contribution in [0.1, 0.15) is 18.1 Å². The summed E-state index contributed by atoms with van der Waals surface area (Å²) >= 11 is 0. The zero-order chi connectivity index (χ0) is 14.0. The summed E-state index contributed by atoms with van der Waals surface area (Å²) in [6.45, 7) is 1.48. The van der Waals surface area contributed by atoms with E-state index in [0.717, 1.165) is 18.2 Å². The Balaban J connectivity index is 2.30. The smallest absolute Gasteiger partial charge is 0.126 e. The Hall–Kier alpha value is -1.81. The summed E-state index contributed by atoms with van der Waals surface area (Å²) in [5.41, 5.74) is -0.880. The molecule has 1 atom stereocenters. The molecular formula is C15H13F3O. The topological polar surface area (TPSA) is 20.2 Å². The van der Waals surface area contributed by atoms with Crippen LogP contribution in [-0.2, 0) is 12.0 Å². The van der Waals surface area contributed by atoms with Crippen molar-refractivity contribution in [2.24, 2.45) is 0 Å². The van der Waals surface area contributed by atoms with Crippen molar-refractivity contribution < 1.29 is 18.3 Å². The van der Waals surface area contributed by atoms with Crippen molar-refractivity contribution in [2.75, 3.05) is 0 Å². The zero-order valence-electron chi connectivity index (χ0n) is 10.3. The molecule has 4 heteroatoms. The third-order valence-electron chi connectivity index (χ3n) is 3.01. The molecule has 0 amide bonds. The highest BCUT2D eigenvalue weighted by Gasteiger charge is 2.25. The van der Waals surface area contributed by atoms with E-state index in [1.165, 1.54) is 31.2 Å². The minimum absolute atomic E-state index is 0.0781. The molecule has 2 aromatic carbocycles. The summed E-state index contributed by atoms with van der Waals surface area (Å²) in [7, 11) is 0. The molecule has 0 aromatic heterocycles. The molecule has 0 saturated carbocycles. The van der Waals surface area contributed by atoms with Crippen LogP contribution in [0.3, 0.4) is 0 Å². The van der Waals surface area contributed by atoms with Crippen molar-refractivity contribution >= 4 is 0 Å². The van der Waals surface area contributed by atoms with E-state index in [4.69, 9.17) is 0 Å². The van der Waals surface area contributed by atoms with Crippen molar-refractivity contribution in [2.45, 2.75) is 18.9 Å². The summed E-state index contributed by atoms with van der Waals surface area (Å²) in [5.74, 6) is -1.56. The molecular weight excluding hydrogens is 253 g/mol. The monoisotopic (exact) mass is 266 g/mol.